The molecule has 0 aromatic carbocycles. The Bertz CT molecular complexity index is 942. The van der Waals surface area contributed by atoms with Gasteiger partial charge in [-0.2, -0.15) is 8.62 Å². The first-order chi connectivity index (χ1) is 16.4. The largest absolute Gasteiger partial charge is 0.490 e. The van der Waals surface area contributed by atoms with Gasteiger partial charge in [-0.3, -0.25) is 4.90 Å². The van der Waals surface area contributed by atoms with Crippen molar-refractivity contribution in [2.75, 3.05) is 6.61 Å². The number of aliphatic hydroxyl groups is 4. The van der Waals surface area contributed by atoms with Crippen molar-refractivity contribution in [3.63, 3.8) is 0 Å². The third-order valence-corrected chi connectivity index (χ3v) is 8.31. The van der Waals surface area contributed by atoms with Crippen molar-refractivity contribution in [2.45, 2.75) is 62.4 Å². The van der Waals surface area contributed by atoms with Crippen molar-refractivity contribution in [3.8, 4) is 12.5 Å². The molecule has 21 heteroatoms. The molecule has 3 aliphatic heterocycles. The summed E-state index contributed by atoms with van der Waals surface area (Å²) in [6.45, 7) is 0.697. The molecule has 10 N–H and O–H groups in total. The molecule has 0 radical (unpaired) electrons. The molecule has 208 valence electrons. The molecule has 0 bridgehead atoms. The van der Waals surface area contributed by atoms with Crippen LogP contribution in [0.5, 0.6) is 0 Å². The van der Waals surface area contributed by atoms with Gasteiger partial charge in [-0.25, -0.2) is 19.0 Å². The van der Waals surface area contributed by atoms with Gasteiger partial charge in [0.1, 0.15) is 24.5 Å². The summed E-state index contributed by atoms with van der Waals surface area (Å²) in [6, 6.07) is 2.24. The summed E-state index contributed by atoms with van der Waals surface area (Å²) in [5, 5.41) is 42.7. The number of nitrogens with zero attached hydrogens (tertiary/aromatic N) is 1. The normalized spacial score (nSPS) is 33.5. The first kappa shape index (κ1) is 31.4. The Morgan fingerprint density at radius 2 is 1.64 bits per heavy atom. The summed E-state index contributed by atoms with van der Waals surface area (Å²) >= 11 is 0. The van der Waals surface area contributed by atoms with E-state index in [0.29, 0.717) is 13.0 Å². The zero-order valence-corrected chi connectivity index (χ0v) is 20.9. The van der Waals surface area contributed by atoms with Crippen LogP contribution in [0.1, 0.15) is 19.3 Å². The Morgan fingerprint density at radius 3 is 2.11 bits per heavy atom. The molecule has 3 heterocycles. The second kappa shape index (κ2) is 12.4. The molecule has 36 heavy (non-hydrogen) atoms. The van der Waals surface area contributed by atoms with Gasteiger partial charge in [-0.15, -0.1) is 0 Å². The van der Waals surface area contributed by atoms with E-state index in [1.165, 1.54) is 6.20 Å². The third-order valence-electron chi connectivity index (χ3n) is 4.95. The maximum Gasteiger partial charge on any atom is 0.490 e. The summed E-state index contributed by atoms with van der Waals surface area (Å²) in [7, 11) is -16.2. The Morgan fingerprint density at radius 1 is 1.06 bits per heavy atom. The zero-order valence-electron chi connectivity index (χ0n) is 18.2. The Labute approximate surface area is 204 Å². The number of ether oxygens (including phenoxy) is 2. The molecule has 3 unspecified atom stereocenters. The summed E-state index contributed by atoms with van der Waals surface area (Å²) in [4.78, 5) is 41.3. The average Bonchev–Trinajstić information content (AvgIpc) is 3.29. The second-order valence-corrected chi connectivity index (χ2v) is 11.9. The zero-order chi connectivity index (χ0) is 27.5. The number of rotatable bonds is 7. The van der Waals surface area contributed by atoms with Crippen LogP contribution in [0, 0.1) is 12.5 Å². The summed E-state index contributed by atoms with van der Waals surface area (Å²) in [5.74, 6) is 0. The molecule has 0 amide bonds. The number of phosphoric acid groups is 3. The van der Waals surface area contributed by atoms with Crippen molar-refractivity contribution in [2.24, 2.45) is 0 Å². The van der Waals surface area contributed by atoms with Gasteiger partial charge in [-0.05, 0) is 12.8 Å². The van der Waals surface area contributed by atoms with Gasteiger partial charge in [0.25, 0.3) is 0 Å². The van der Waals surface area contributed by atoms with Crippen molar-refractivity contribution in [1.29, 1.82) is 0 Å². The maximum absolute atomic E-state index is 10.4. The van der Waals surface area contributed by atoms with Crippen molar-refractivity contribution < 1.29 is 76.7 Å². The quantitative estimate of drug-likeness (QED) is 0.108. The van der Waals surface area contributed by atoms with Gasteiger partial charge in [0.15, 0.2) is 6.35 Å². The maximum atomic E-state index is 10.4. The van der Waals surface area contributed by atoms with E-state index < -0.39 is 60.5 Å². The average molecular weight is 584 g/mol. The number of aliphatic hydroxyl groups excluding tert-OH is 4. The minimum absolute atomic E-state index is 0.00742. The highest BCUT2D eigenvalue weighted by atomic mass is 31.3. The molecule has 3 aliphatic rings. The van der Waals surface area contributed by atoms with Gasteiger partial charge < -0.3 is 54.4 Å². The van der Waals surface area contributed by atoms with Crippen LogP contribution in [0.15, 0.2) is 11.8 Å². The monoisotopic (exact) mass is 584 g/mol. The minimum atomic E-state index is -5.46. The van der Waals surface area contributed by atoms with Gasteiger partial charge in [0.05, 0.1) is 12.2 Å². The van der Waals surface area contributed by atoms with E-state index in [2.05, 4.69) is 20.0 Å². The molecule has 0 spiro atoms. The third kappa shape index (κ3) is 9.52. The minimum Gasteiger partial charge on any atom is -0.388 e. The molecule has 0 aromatic heterocycles. The molecule has 18 nitrogen and oxygen atoms in total. The van der Waals surface area contributed by atoms with Crippen LogP contribution in [0.4, 0.5) is 0 Å². The predicted octanol–water partition coefficient (Wildman–Crippen LogP) is -2.68. The lowest BCUT2D eigenvalue weighted by molar-refractivity contribution is -0.0473. The van der Waals surface area contributed by atoms with E-state index in [1.54, 1.807) is 0 Å². The molecular formula is C15H27N2O16P3. The SMILES string of the molecule is C#CN1C=C([C@@H]2O[C@H](CC3CCCO3)[C@@H](O)[C@H]2O)C(O)NC1O.O=P(O)(O)OP(=O)(O)OP(=O)(O)O. The lowest BCUT2D eigenvalue weighted by Crippen LogP contribution is -2.53. The molecule has 3 rings (SSSR count). The van der Waals surface area contributed by atoms with E-state index in [9.17, 15) is 34.1 Å². The van der Waals surface area contributed by atoms with E-state index in [4.69, 9.17) is 40.4 Å². The highest BCUT2D eigenvalue weighted by molar-refractivity contribution is 7.66. The van der Waals surface area contributed by atoms with Crippen LogP contribution in [0.3, 0.4) is 0 Å². The van der Waals surface area contributed by atoms with Crippen LogP contribution >= 0.6 is 23.5 Å². The summed E-state index contributed by atoms with van der Waals surface area (Å²) in [5.41, 5.74) is 0.259. The molecule has 0 aliphatic carbocycles. The molecular weight excluding hydrogens is 557 g/mol. The smallest absolute Gasteiger partial charge is 0.388 e. The second-order valence-electron chi connectivity index (χ2n) is 7.67. The summed E-state index contributed by atoms with van der Waals surface area (Å²) < 4.78 is 47.7. The van der Waals surface area contributed by atoms with E-state index >= 15 is 0 Å². The first-order valence-electron chi connectivity index (χ1n) is 10.0. The topological polar surface area (TPSA) is 285 Å². The van der Waals surface area contributed by atoms with Crippen molar-refractivity contribution in [3.05, 3.63) is 11.8 Å². The molecule has 2 saturated heterocycles. The first-order valence-corrected chi connectivity index (χ1v) is 14.6. The van der Waals surface area contributed by atoms with Crippen LogP contribution in [-0.2, 0) is 31.8 Å². The predicted molar refractivity (Wildman–Crippen MR) is 114 cm³/mol. The molecule has 2 fully saturated rings. The highest BCUT2D eigenvalue weighted by Gasteiger charge is 2.47. The van der Waals surface area contributed by atoms with Gasteiger partial charge in [-0.1, -0.05) is 6.42 Å². The molecule has 0 saturated carbocycles. The van der Waals surface area contributed by atoms with Crippen molar-refractivity contribution in [1.82, 2.24) is 10.2 Å². The van der Waals surface area contributed by atoms with E-state index in [0.717, 1.165) is 17.7 Å². The van der Waals surface area contributed by atoms with E-state index in [-0.39, 0.29) is 11.7 Å². The summed E-state index contributed by atoms with van der Waals surface area (Å²) in [6.07, 6.45) is 2.75. The fourth-order valence-electron chi connectivity index (χ4n) is 3.55. The Hall–Kier alpha value is -0.770. The molecule has 7 atom stereocenters. The van der Waals surface area contributed by atoms with Crippen LogP contribution in [0.25, 0.3) is 0 Å². The van der Waals surface area contributed by atoms with Gasteiger partial charge in [0, 0.05) is 30.8 Å². The number of terminal acetylenes is 1. The Kier molecular flexibility index (Phi) is 10.8. The fraction of sp³-hybridized carbons (Fsp3) is 0.733. The van der Waals surface area contributed by atoms with Gasteiger partial charge in [0.2, 0.25) is 0 Å². The fourth-order valence-corrected chi connectivity index (χ4v) is 6.09. The highest BCUT2D eigenvalue weighted by Crippen LogP contribution is 2.64. The Balaban J connectivity index is 0.000000302. The van der Waals surface area contributed by atoms with E-state index in [1.807, 2.05) is 0 Å². The van der Waals surface area contributed by atoms with Gasteiger partial charge >= 0.3 is 23.5 Å². The number of nitrogens with one attached hydrogen (secondary N) is 1. The number of hydrogen-bond donors (Lipinski definition) is 10. The van der Waals surface area contributed by atoms with Crippen LogP contribution < -0.4 is 5.32 Å². The lowest BCUT2D eigenvalue weighted by Gasteiger charge is -2.34. The van der Waals surface area contributed by atoms with Crippen LogP contribution in [0.2, 0.25) is 0 Å². The van der Waals surface area contributed by atoms with Crippen molar-refractivity contribution >= 4 is 23.5 Å². The number of hydrogen-bond acceptors (Lipinski definition) is 13. The van der Waals surface area contributed by atoms with Crippen LogP contribution in [-0.4, -0.2) is 99.5 Å². The molecule has 0 aromatic rings. The standard InChI is InChI=1S/C15H22N2O6.H5O10P3/c1-2-17-7-9(14(20)16-15(17)21)13-12(19)11(18)10(23-13)6-8-4-3-5-22-8;1-11(2,3)9-13(7,8)10-12(4,5)6/h1,7-8,10-16,18-21H,3-6H2;(H,7,8)(H2,1,2,3)(H2,4,5,6)/t8?,10-,11-,12-,13+,14?,15?;/m1./s1. The lowest BCUT2D eigenvalue weighted by atomic mass is 9.98.